The molecule has 102 valence electrons. The highest BCUT2D eigenvalue weighted by Gasteiger charge is 2.51. The van der Waals surface area contributed by atoms with Gasteiger partial charge >= 0.3 is 5.97 Å². The Morgan fingerprint density at radius 2 is 2.11 bits per heavy atom. The number of aromatic amines is 1. The lowest BCUT2D eigenvalue weighted by molar-refractivity contribution is -0.144. The summed E-state index contributed by atoms with van der Waals surface area (Å²) in [5, 5.41) is 12.2. The molecule has 0 spiro atoms. The van der Waals surface area contributed by atoms with Crippen LogP contribution in [0.3, 0.4) is 0 Å². The highest BCUT2D eigenvalue weighted by atomic mass is 79.9. The number of carboxylic acids is 1. The van der Waals surface area contributed by atoms with Crippen LogP contribution in [0.4, 0.5) is 0 Å². The number of H-pyrrole nitrogens is 1. The summed E-state index contributed by atoms with van der Waals surface area (Å²) >= 11 is 3.28. The van der Waals surface area contributed by atoms with E-state index in [1.165, 1.54) is 0 Å². The standard InChI is InChI=1S/C13H15BrN2O3/c14-8-4-9(15-5-8)12(17)16-11-7-2-1-6(3-7)10(11)13(18)19/h4-7,10-11,15H,1-3H2,(H,16,17)(H,18,19). The molecule has 2 fully saturated rings. The van der Waals surface area contributed by atoms with Crippen LogP contribution in [-0.4, -0.2) is 28.0 Å². The number of halogens is 1. The Morgan fingerprint density at radius 3 is 2.74 bits per heavy atom. The molecule has 2 aliphatic carbocycles. The summed E-state index contributed by atoms with van der Waals surface area (Å²) in [6.07, 6.45) is 4.61. The third kappa shape index (κ3) is 2.18. The number of hydrogen-bond acceptors (Lipinski definition) is 2. The second kappa shape index (κ2) is 4.67. The SMILES string of the molecule is O=C(NC1C2CCC(C2)C1C(=O)O)c1cc(Br)c[nH]1. The number of rotatable bonds is 3. The molecule has 6 heteroatoms. The number of carbonyl (C=O) groups is 2. The Kier molecular flexibility index (Phi) is 3.12. The summed E-state index contributed by atoms with van der Waals surface area (Å²) < 4.78 is 0.806. The van der Waals surface area contributed by atoms with Crippen LogP contribution in [0, 0.1) is 17.8 Å². The van der Waals surface area contributed by atoms with Crippen LogP contribution in [0.5, 0.6) is 0 Å². The minimum absolute atomic E-state index is 0.225. The summed E-state index contributed by atoms with van der Waals surface area (Å²) in [6.45, 7) is 0. The van der Waals surface area contributed by atoms with Crippen molar-refractivity contribution in [3.63, 3.8) is 0 Å². The summed E-state index contributed by atoms with van der Waals surface area (Å²) in [4.78, 5) is 26.3. The first-order chi connectivity index (χ1) is 9.06. The summed E-state index contributed by atoms with van der Waals surface area (Å²) in [6, 6.07) is 1.46. The van der Waals surface area contributed by atoms with Crippen LogP contribution in [-0.2, 0) is 4.79 Å². The van der Waals surface area contributed by atoms with Gasteiger partial charge in [0.2, 0.25) is 0 Å². The zero-order chi connectivity index (χ0) is 13.6. The lowest BCUT2D eigenvalue weighted by Crippen LogP contribution is -2.46. The Balaban J connectivity index is 1.75. The third-order valence-electron chi connectivity index (χ3n) is 4.39. The molecule has 1 amide bonds. The Hall–Kier alpha value is -1.30. The Bertz CT molecular complexity index is 528. The van der Waals surface area contributed by atoms with Crippen LogP contribution in [0.15, 0.2) is 16.7 Å². The number of fused-ring (bicyclic) bond motifs is 2. The van der Waals surface area contributed by atoms with Crippen molar-refractivity contribution in [3.05, 3.63) is 22.4 Å². The first-order valence-corrected chi connectivity index (χ1v) is 7.23. The highest BCUT2D eigenvalue weighted by molar-refractivity contribution is 9.10. The van der Waals surface area contributed by atoms with E-state index in [-0.39, 0.29) is 17.9 Å². The topological polar surface area (TPSA) is 82.2 Å². The van der Waals surface area contributed by atoms with Gasteiger partial charge in [0.15, 0.2) is 0 Å². The fourth-order valence-corrected chi connectivity index (χ4v) is 3.93. The Labute approximate surface area is 118 Å². The number of aliphatic carboxylic acids is 1. The van der Waals surface area contributed by atoms with Gasteiger partial charge in [-0.1, -0.05) is 0 Å². The number of hydrogen-bond donors (Lipinski definition) is 3. The molecular weight excluding hydrogens is 312 g/mol. The maximum atomic E-state index is 12.1. The van der Waals surface area contributed by atoms with E-state index in [9.17, 15) is 14.7 Å². The molecule has 1 aromatic rings. The fourth-order valence-electron chi connectivity index (χ4n) is 3.58. The number of carboxylic acid groups (broad SMARTS) is 1. The lowest BCUT2D eigenvalue weighted by atomic mass is 9.84. The van der Waals surface area contributed by atoms with Gasteiger partial charge in [-0.05, 0) is 53.1 Å². The van der Waals surface area contributed by atoms with Gasteiger partial charge in [0, 0.05) is 16.7 Å². The summed E-state index contributed by atoms with van der Waals surface area (Å²) in [5.41, 5.74) is 0.457. The minimum Gasteiger partial charge on any atom is -0.481 e. The molecule has 2 bridgehead atoms. The molecule has 0 saturated heterocycles. The van der Waals surface area contributed by atoms with Crippen molar-refractivity contribution in [3.8, 4) is 0 Å². The molecule has 3 rings (SSSR count). The minimum atomic E-state index is -0.787. The molecule has 5 nitrogen and oxygen atoms in total. The molecule has 19 heavy (non-hydrogen) atoms. The third-order valence-corrected chi connectivity index (χ3v) is 4.85. The number of amides is 1. The summed E-state index contributed by atoms with van der Waals surface area (Å²) in [7, 11) is 0. The van der Waals surface area contributed by atoms with Crippen molar-refractivity contribution in [2.45, 2.75) is 25.3 Å². The molecule has 4 unspecified atom stereocenters. The van der Waals surface area contributed by atoms with E-state index < -0.39 is 11.9 Å². The molecule has 4 atom stereocenters. The van der Waals surface area contributed by atoms with Crippen LogP contribution >= 0.6 is 15.9 Å². The average Bonchev–Trinajstić information content (AvgIpc) is 3.03. The maximum absolute atomic E-state index is 12.1. The first-order valence-electron chi connectivity index (χ1n) is 6.44. The zero-order valence-corrected chi connectivity index (χ0v) is 11.8. The van der Waals surface area contributed by atoms with Crippen molar-refractivity contribution in [2.75, 3.05) is 0 Å². The molecule has 3 N–H and O–H groups in total. The first kappa shape index (κ1) is 12.7. The molecule has 0 aromatic carbocycles. The van der Waals surface area contributed by atoms with E-state index in [0.29, 0.717) is 11.6 Å². The van der Waals surface area contributed by atoms with Crippen LogP contribution in [0.1, 0.15) is 29.8 Å². The molecule has 0 aliphatic heterocycles. The smallest absolute Gasteiger partial charge is 0.308 e. The normalized spacial score (nSPS) is 32.5. The second-order valence-electron chi connectivity index (χ2n) is 5.43. The fraction of sp³-hybridized carbons (Fsp3) is 0.538. The predicted octanol–water partition coefficient (Wildman–Crippen LogP) is 2.01. The maximum Gasteiger partial charge on any atom is 0.308 e. The molecule has 2 saturated carbocycles. The molecular formula is C13H15BrN2O3. The van der Waals surface area contributed by atoms with Crippen LogP contribution in [0.2, 0.25) is 0 Å². The van der Waals surface area contributed by atoms with E-state index >= 15 is 0 Å². The monoisotopic (exact) mass is 326 g/mol. The van der Waals surface area contributed by atoms with Gasteiger partial charge in [-0.2, -0.15) is 0 Å². The van der Waals surface area contributed by atoms with Crippen molar-refractivity contribution in [1.29, 1.82) is 0 Å². The lowest BCUT2D eigenvalue weighted by Gasteiger charge is -2.28. The highest BCUT2D eigenvalue weighted by Crippen LogP contribution is 2.48. The van der Waals surface area contributed by atoms with Crippen LogP contribution in [0.25, 0.3) is 0 Å². The van der Waals surface area contributed by atoms with Gasteiger partial charge in [0.1, 0.15) is 5.69 Å². The van der Waals surface area contributed by atoms with E-state index in [4.69, 9.17) is 0 Å². The number of aromatic nitrogens is 1. The predicted molar refractivity (Wildman–Crippen MR) is 71.7 cm³/mol. The van der Waals surface area contributed by atoms with E-state index in [1.54, 1.807) is 12.3 Å². The van der Waals surface area contributed by atoms with Crippen LogP contribution < -0.4 is 5.32 Å². The van der Waals surface area contributed by atoms with Gasteiger partial charge in [0.05, 0.1) is 5.92 Å². The number of carbonyl (C=O) groups excluding carboxylic acids is 1. The molecule has 2 aliphatic rings. The summed E-state index contributed by atoms with van der Waals surface area (Å²) in [5.74, 6) is -0.905. The van der Waals surface area contributed by atoms with Gasteiger partial charge in [-0.25, -0.2) is 0 Å². The van der Waals surface area contributed by atoms with E-state index in [0.717, 1.165) is 23.7 Å². The average molecular weight is 327 g/mol. The largest absolute Gasteiger partial charge is 0.481 e. The van der Waals surface area contributed by atoms with Crippen molar-refractivity contribution < 1.29 is 14.7 Å². The van der Waals surface area contributed by atoms with Crippen molar-refractivity contribution in [2.24, 2.45) is 17.8 Å². The van der Waals surface area contributed by atoms with Gasteiger partial charge in [-0.3, -0.25) is 9.59 Å². The zero-order valence-electron chi connectivity index (χ0n) is 10.2. The Morgan fingerprint density at radius 1 is 1.37 bits per heavy atom. The van der Waals surface area contributed by atoms with Crippen molar-refractivity contribution in [1.82, 2.24) is 10.3 Å². The van der Waals surface area contributed by atoms with E-state index in [2.05, 4.69) is 26.2 Å². The molecule has 1 heterocycles. The van der Waals surface area contributed by atoms with Crippen molar-refractivity contribution >= 4 is 27.8 Å². The van der Waals surface area contributed by atoms with Gasteiger partial charge in [0.25, 0.3) is 5.91 Å². The second-order valence-corrected chi connectivity index (χ2v) is 6.34. The van der Waals surface area contributed by atoms with Gasteiger partial charge in [-0.15, -0.1) is 0 Å². The number of nitrogens with one attached hydrogen (secondary N) is 2. The quantitative estimate of drug-likeness (QED) is 0.794. The van der Waals surface area contributed by atoms with E-state index in [1.807, 2.05) is 0 Å². The van der Waals surface area contributed by atoms with Gasteiger partial charge < -0.3 is 15.4 Å². The molecule has 1 aromatic heterocycles. The molecule has 0 radical (unpaired) electrons.